The van der Waals surface area contributed by atoms with Crippen molar-refractivity contribution in [1.29, 1.82) is 10.5 Å². The van der Waals surface area contributed by atoms with Gasteiger partial charge in [-0.05, 0) is 58.4 Å². The van der Waals surface area contributed by atoms with E-state index in [1.54, 1.807) is 0 Å². The van der Waals surface area contributed by atoms with Gasteiger partial charge in [-0.2, -0.15) is 10.5 Å². The number of hydrogen-bond acceptors (Lipinski definition) is 3. The molecular formula is C22H24N2O. The predicted molar refractivity (Wildman–Crippen MR) is 99.0 cm³/mol. The molecule has 2 rings (SSSR count). The van der Waals surface area contributed by atoms with Crippen LogP contribution >= 0.6 is 0 Å². The molecule has 0 saturated heterocycles. The molecule has 0 saturated carbocycles. The van der Waals surface area contributed by atoms with Gasteiger partial charge in [0.05, 0.1) is 36.5 Å². The van der Waals surface area contributed by atoms with Gasteiger partial charge in [-0.25, -0.2) is 0 Å². The van der Waals surface area contributed by atoms with E-state index in [0.29, 0.717) is 36.2 Å². The van der Waals surface area contributed by atoms with Crippen LogP contribution in [0.2, 0.25) is 0 Å². The number of rotatable bonds is 6. The van der Waals surface area contributed by atoms with E-state index in [0.717, 1.165) is 22.3 Å². The minimum Gasteiger partial charge on any atom is -0.372 e. The predicted octanol–water partition coefficient (Wildman–Crippen LogP) is 5.39. The average Bonchev–Trinajstić information content (AvgIpc) is 2.61. The number of nitriles is 2. The van der Waals surface area contributed by atoms with Crippen LogP contribution in [0.3, 0.4) is 0 Å². The first-order chi connectivity index (χ1) is 12.0. The molecule has 0 atom stereocenters. The maximum atomic E-state index is 9.08. The Labute approximate surface area is 150 Å². The lowest BCUT2D eigenvalue weighted by molar-refractivity contribution is 0.106. The van der Waals surface area contributed by atoms with Crippen molar-refractivity contribution in [2.75, 3.05) is 0 Å². The van der Waals surface area contributed by atoms with Crippen LogP contribution in [0.4, 0.5) is 0 Å². The van der Waals surface area contributed by atoms with Gasteiger partial charge >= 0.3 is 0 Å². The summed E-state index contributed by atoms with van der Waals surface area (Å²) in [5.41, 5.74) is 5.91. The topological polar surface area (TPSA) is 56.8 Å². The summed E-state index contributed by atoms with van der Waals surface area (Å²) in [5.74, 6) is 0.682. The lowest BCUT2D eigenvalue weighted by Gasteiger charge is -2.16. The van der Waals surface area contributed by atoms with E-state index in [1.807, 2.05) is 36.4 Å². The molecule has 0 amide bonds. The normalized spacial score (nSPS) is 10.7. The van der Waals surface area contributed by atoms with Gasteiger partial charge in [0, 0.05) is 0 Å². The lowest BCUT2D eigenvalue weighted by Crippen LogP contribution is -2.03. The van der Waals surface area contributed by atoms with E-state index in [-0.39, 0.29) is 0 Å². The van der Waals surface area contributed by atoms with Crippen LogP contribution in [0.15, 0.2) is 36.4 Å². The first-order valence-electron chi connectivity index (χ1n) is 8.59. The van der Waals surface area contributed by atoms with Crippen LogP contribution in [-0.4, -0.2) is 0 Å². The van der Waals surface area contributed by atoms with Crippen LogP contribution < -0.4 is 0 Å². The fourth-order valence-corrected chi connectivity index (χ4v) is 2.94. The fourth-order valence-electron chi connectivity index (χ4n) is 2.94. The van der Waals surface area contributed by atoms with E-state index >= 15 is 0 Å². The summed E-state index contributed by atoms with van der Waals surface area (Å²) in [6.45, 7) is 9.51. The second-order valence-corrected chi connectivity index (χ2v) is 6.85. The molecule has 25 heavy (non-hydrogen) atoms. The third-order valence-electron chi connectivity index (χ3n) is 4.31. The summed E-state index contributed by atoms with van der Waals surface area (Å²) in [7, 11) is 0. The molecule has 0 fully saturated rings. The minimum atomic E-state index is 0.341. The third kappa shape index (κ3) is 4.69. The van der Waals surface area contributed by atoms with Crippen LogP contribution in [0.1, 0.15) is 72.9 Å². The fraction of sp³-hybridized carbons (Fsp3) is 0.364. The Bertz CT molecular complexity index is 753. The number of benzene rings is 2. The Morgan fingerprint density at radius 1 is 0.760 bits per heavy atom. The highest BCUT2D eigenvalue weighted by atomic mass is 16.5. The van der Waals surface area contributed by atoms with Crippen LogP contribution in [-0.2, 0) is 18.0 Å². The molecule has 0 radical (unpaired) electrons. The zero-order valence-electron chi connectivity index (χ0n) is 15.3. The molecule has 0 bridgehead atoms. The zero-order chi connectivity index (χ0) is 18.4. The molecule has 128 valence electrons. The molecule has 0 aliphatic heterocycles. The van der Waals surface area contributed by atoms with E-state index in [4.69, 9.17) is 15.3 Å². The second-order valence-electron chi connectivity index (χ2n) is 6.85. The molecule has 3 nitrogen and oxygen atoms in total. The first kappa shape index (κ1) is 18.7. The molecule has 0 spiro atoms. The van der Waals surface area contributed by atoms with E-state index in [9.17, 15) is 0 Å². The average molecular weight is 332 g/mol. The van der Waals surface area contributed by atoms with Gasteiger partial charge in [0.1, 0.15) is 0 Å². The number of ether oxygens (including phenoxy) is 1. The Kier molecular flexibility index (Phi) is 6.34. The maximum absolute atomic E-state index is 9.08. The van der Waals surface area contributed by atoms with Gasteiger partial charge < -0.3 is 4.74 Å². The third-order valence-corrected chi connectivity index (χ3v) is 4.31. The number of nitrogens with zero attached hydrogens (tertiary/aromatic N) is 2. The molecule has 2 aromatic carbocycles. The van der Waals surface area contributed by atoms with Gasteiger partial charge in [-0.1, -0.05) is 39.8 Å². The van der Waals surface area contributed by atoms with E-state index in [1.165, 1.54) is 0 Å². The Morgan fingerprint density at radius 3 is 1.48 bits per heavy atom. The molecule has 0 heterocycles. The highest BCUT2D eigenvalue weighted by molar-refractivity contribution is 5.40. The van der Waals surface area contributed by atoms with Crippen LogP contribution in [0.25, 0.3) is 0 Å². The number of hydrogen-bond donors (Lipinski definition) is 0. The standard InChI is InChI=1S/C22H24N2O/c1-15(2)21-9-17(11-23)5-7-19(21)13-25-14-20-8-6-18(12-24)10-22(20)16(3)4/h5-10,15-16H,13-14H2,1-4H3. The second kappa shape index (κ2) is 8.47. The maximum Gasteiger partial charge on any atom is 0.0991 e. The molecule has 0 aliphatic carbocycles. The summed E-state index contributed by atoms with van der Waals surface area (Å²) in [6.07, 6.45) is 0. The highest BCUT2D eigenvalue weighted by Gasteiger charge is 2.11. The smallest absolute Gasteiger partial charge is 0.0991 e. The molecular weight excluding hydrogens is 308 g/mol. The summed E-state index contributed by atoms with van der Waals surface area (Å²) >= 11 is 0. The van der Waals surface area contributed by atoms with Crippen molar-refractivity contribution in [3.05, 3.63) is 69.8 Å². The monoisotopic (exact) mass is 332 g/mol. The highest BCUT2D eigenvalue weighted by Crippen LogP contribution is 2.24. The summed E-state index contributed by atoms with van der Waals surface area (Å²) in [6, 6.07) is 15.9. The Morgan fingerprint density at radius 2 is 1.16 bits per heavy atom. The van der Waals surface area contributed by atoms with Gasteiger partial charge in [0.25, 0.3) is 0 Å². The molecule has 0 N–H and O–H groups in total. The SMILES string of the molecule is CC(C)c1cc(C#N)ccc1COCc1ccc(C#N)cc1C(C)C. The van der Waals surface area contributed by atoms with E-state index < -0.39 is 0 Å². The van der Waals surface area contributed by atoms with Crippen molar-refractivity contribution in [3.8, 4) is 12.1 Å². The van der Waals surface area contributed by atoms with Crippen molar-refractivity contribution in [2.24, 2.45) is 0 Å². The van der Waals surface area contributed by atoms with Gasteiger partial charge in [0.2, 0.25) is 0 Å². The quantitative estimate of drug-likeness (QED) is 0.712. The van der Waals surface area contributed by atoms with Gasteiger partial charge in [-0.15, -0.1) is 0 Å². The lowest BCUT2D eigenvalue weighted by atomic mass is 9.95. The molecule has 0 aliphatic rings. The largest absolute Gasteiger partial charge is 0.372 e. The Hall–Kier alpha value is -2.62. The van der Waals surface area contributed by atoms with Gasteiger partial charge in [-0.3, -0.25) is 0 Å². The molecule has 3 heteroatoms. The van der Waals surface area contributed by atoms with Crippen molar-refractivity contribution >= 4 is 0 Å². The molecule has 0 aromatic heterocycles. The summed E-state index contributed by atoms with van der Waals surface area (Å²) in [4.78, 5) is 0. The van der Waals surface area contributed by atoms with Crippen LogP contribution in [0, 0.1) is 22.7 Å². The Balaban J connectivity index is 2.14. The molecule has 2 aromatic rings. The van der Waals surface area contributed by atoms with Crippen molar-refractivity contribution in [2.45, 2.75) is 52.7 Å². The first-order valence-corrected chi connectivity index (χ1v) is 8.59. The van der Waals surface area contributed by atoms with Crippen LogP contribution in [0.5, 0.6) is 0 Å². The van der Waals surface area contributed by atoms with Crippen molar-refractivity contribution < 1.29 is 4.74 Å². The van der Waals surface area contributed by atoms with Crippen molar-refractivity contribution in [1.82, 2.24) is 0 Å². The summed E-state index contributed by atoms with van der Waals surface area (Å²) in [5, 5.41) is 18.2. The van der Waals surface area contributed by atoms with Gasteiger partial charge in [0.15, 0.2) is 0 Å². The molecule has 0 unspecified atom stereocenters. The minimum absolute atomic E-state index is 0.341. The summed E-state index contributed by atoms with van der Waals surface area (Å²) < 4.78 is 5.97. The van der Waals surface area contributed by atoms with E-state index in [2.05, 4.69) is 39.8 Å². The zero-order valence-corrected chi connectivity index (χ0v) is 15.3. The van der Waals surface area contributed by atoms with Crippen molar-refractivity contribution in [3.63, 3.8) is 0 Å².